The molecule has 7 heteroatoms. The molecule has 1 saturated heterocycles. The Kier molecular flexibility index (Phi) is 2.03. The molecule has 1 aliphatic heterocycles. The minimum absolute atomic E-state index is 0.0418. The molecule has 2 heterocycles. The van der Waals surface area contributed by atoms with Crippen molar-refractivity contribution in [3.05, 3.63) is 10.8 Å². The fourth-order valence-corrected chi connectivity index (χ4v) is 1.60. The third kappa shape index (κ3) is 1.20. The van der Waals surface area contributed by atoms with Crippen molar-refractivity contribution in [1.29, 1.82) is 0 Å². The lowest BCUT2D eigenvalue weighted by Crippen LogP contribution is -2.30. The van der Waals surface area contributed by atoms with Gasteiger partial charge in [0.05, 0.1) is 12.7 Å². The van der Waals surface area contributed by atoms with Crippen LogP contribution in [0.3, 0.4) is 0 Å². The molecular weight excluding hydrogens is 252 g/mol. The van der Waals surface area contributed by atoms with E-state index in [0.29, 0.717) is 10.3 Å². The number of carbonyl (C=O) groups is 2. The van der Waals surface area contributed by atoms with Crippen LogP contribution in [0.1, 0.15) is 0 Å². The highest BCUT2D eigenvalue weighted by Gasteiger charge is 2.32. The van der Waals surface area contributed by atoms with Crippen LogP contribution in [-0.4, -0.2) is 28.3 Å². The van der Waals surface area contributed by atoms with Gasteiger partial charge in [-0.2, -0.15) is 5.10 Å². The molecule has 0 radical (unpaired) electrons. The number of nitrogens with zero attached hydrogens (tertiary/aromatic N) is 3. The third-order valence-electron chi connectivity index (χ3n) is 1.93. The highest BCUT2D eigenvalue weighted by Crippen LogP contribution is 2.26. The summed E-state index contributed by atoms with van der Waals surface area (Å²) in [6.07, 6.45) is 1.47. The highest BCUT2D eigenvalue weighted by atomic mass is 79.9. The number of aromatic nitrogens is 2. The summed E-state index contributed by atoms with van der Waals surface area (Å²) in [5, 5.41) is 6.36. The molecule has 1 fully saturated rings. The Morgan fingerprint density at radius 3 is 2.71 bits per heavy atom. The van der Waals surface area contributed by atoms with Gasteiger partial charge in [-0.25, -0.2) is 9.69 Å². The second kappa shape index (κ2) is 3.09. The average Bonchev–Trinajstić information content (AvgIpc) is 2.62. The fourth-order valence-electron chi connectivity index (χ4n) is 1.23. The van der Waals surface area contributed by atoms with Crippen molar-refractivity contribution in [2.45, 2.75) is 0 Å². The molecule has 0 bridgehead atoms. The van der Waals surface area contributed by atoms with Crippen molar-refractivity contribution >= 4 is 33.6 Å². The lowest BCUT2D eigenvalue weighted by atomic mass is 10.5. The SMILES string of the molecule is Cn1ncc(N2C(=O)CNC2=O)c1Br. The van der Waals surface area contributed by atoms with Crippen molar-refractivity contribution in [1.82, 2.24) is 15.1 Å². The molecule has 1 aromatic rings. The van der Waals surface area contributed by atoms with Crippen molar-refractivity contribution < 1.29 is 9.59 Å². The zero-order chi connectivity index (χ0) is 10.3. The third-order valence-corrected chi connectivity index (χ3v) is 2.85. The number of nitrogens with one attached hydrogen (secondary N) is 1. The Morgan fingerprint density at radius 2 is 2.29 bits per heavy atom. The lowest BCUT2D eigenvalue weighted by molar-refractivity contribution is -0.115. The van der Waals surface area contributed by atoms with Gasteiger partial charge in [-0.05, 0) is 15.9 Å². The van der Waals surface area contributed by atoms with Crippen LogP contribution in [0.25, 0.3) is 0 Å². The largest absolute Gasteiger partial charge is 0.329 e. The van der Waals surface area contributed by atoms with Gasteiger partial charge in [-0.1, -0.05) is 0 Å². The van der Waals surface area contributed by atoms with Crippen molar-refractivity contribution in [2.24, 2.45) is 7.05 Å². The topological polar surface area (TPSA) is 67.2 Å². The predicted molar refractivity (Wildman–Crippen MR) is 51.8 cm³/mol. The second-order valence-electron chi connectivity index (χ2n) is 2.83. The zero-order valence-corrected chi connectivity index (χ0v) is 8.91. The van der Waals surface area contributed by atoms with Gasteiger partial charge in [-0.3, -0.25) is 9.48 Å². The van der Waals surface area contributed by atoms with E-state index in [0.717, 1.165) is 4.90 Å². The van der Waals surface area contributed by atoms with E-state index in [1.54, 1.807) is 7.05 Å². The second-order valence-corrected chi connectivity index (χ2v) is 3.58. The first-order chi connectivity index (χ1) is 6.61. The number of hydrogen-bond donors (Lipinski definition) is 1. The molecule has 1 aromatic heterocycles. The molecule has 0 aromatic carbocycles. The summed E-state index contributed by atoms with van der Waals surface area (Å²) in [5.41, 5.74) is 0.465. The normalized spacial score (nSPS) is 16.3. The number of rotatable bonds is 1. The number of hydrogen-bond acceptors (Lipinski definition) is 3. The fraction of sp³-hybridized carbons (Fsp3) is 0.286. The van der Waals surface area contributed by atoms with Gasteiger partial charge >= 0.3 is 6.03 Å². The quantitative estimate of drug-likeness (QED) is 0.734. The number of aryl methyl sites for hydroxylation is 1. The van der Waals surface area contributed by atoms with Gasteiger partial charge in [0, 0.05) is 7.05 Å². The molecule has 0 atom stereocenters. The van der Waals surface area contributed by atoms with Crippen LogP contribution in [0.15, 0.2) is 10.8 Å². The summed E-state index contributed by atoms with van der Waals surface area (Å²) in [4.78, 5) is 23.7. The van der Waals surface area contributed by atoms with Crippen molar-refractivity contribution in [2.75, 3.05) is 11.4 Å². The van der Waals surface area contributed by atoms with Gasteiger partial charge in [0.1, 0.15) is 10.3 Å². The van der Waals surface area contributed by atoms with E-state index in [-0.39, 0.29) is 12.5 Å². The Bertz CT molecular complexity index is 398. The van der Waals surface area contributed by atoms with E-state index in [9.17, 15) is 9.59 Å². The van der Waals surface area contributed by atoms with E-state index < -0.39 is 6.03 Å². The number of carbonyl (C=O) groups excluding carboxylic acids is 2. The van der Waals surface area contributed by atoms with E-state index in [2.05, 4.69) is 26.3 Å². The molecule has 0 saturated carbocycles. The lowest BCUT2D eigenvalue weighted by Gasteiger charge is -2.09. The summed E-state index contributed by atoms with van der Waals surface area (Å²) < 4.78 is 2.14. The summed E-state index contributed by atoms with van der Waals surface area (Å²) in [6, 6.07) is -0.413. The average molecular weight is 259 g/mol. The van der Waals surface area contributed by atoms with Crippen LogP contribution in [0, 0.1) is 0 Å². The predicted octanol–water partition coefficient (Wildman–Crippen LogP) is 0.239. The Morgan fingerprint density at radius 1 is 1.57 bits per heavy atom. The highest BCUT2D eigenvalue weighted by molar-refractivity contribution is 9.10. The summed E-state index contributed by atoms with van der Waals surface area (Å²) >= 11 is 3.24. The van der Waals surface area contributed by atoms with Crippen molar-refractivity contribution in [3.8, 4) is 0 Å². The zero-order valence-electron chi connectivity index (χ0n) is 7.32. The molecule has 0 unspecified atom stereocenters. The Labute approximate surface area is 88.0 Å². The number of urea groups is 1. The first-order valence-electron chi connectivity index (χ1n) is 3.89. The molecule has 3 amide bonds. The maximum absolute atomic E-state index is 11.3. The summed E-state index contributed by atoms with van der Waals surface area (Å²) in [6.45, 7) is 0.0418. The van der Waals surface area contributed by atoms with E-state index in [1.807, 2.05) is 0 Å². The molecular formula is C7H7BrN4O2. The monoisotopic (exact) mass is 258 g/mol. The first kappa shape index (κ1) is 9.20. The van der Waals surface area contributed by atoms with Crippen LogP contribution in [0.4, 0.5) is 10.5 Å². The molecule has 1 aliphatic rings. The Balaban J connectivity index is 2.44. The van der Waals surface area contributed by atoms with Gasteiger partial charge < -0.3 is 5.32 Å². The van der Waals surface area contributed by atoms with Gasteiger partial charge in [-0.15, -0.1) is 0 Å². The number of imide groups is 1. The molecule has 0 aliphatic carbocycles. The number of halogens is 1. The molecule has 6 nitrogen and oxygen atoms in total. The molecule has 74 valence electrons. The Hall–Kier alpha value is -1.37. The van der Waals surface area contributed by atoms with Crippen LogP contribution < -0.4 is 10.2 Å². The van der Waals surface area contributed by atoms with Gasteiger partial charge in [0.2, 0.25) is 0 Å². The maximum atomic E-state index is 11.3. The molecule has 1 N–H and O–H groups in total. The van der Waals surface area contributed by atoms with Crippen LogP contribution >= 0.6 is 15.9 Å². The standard InChI is InChI=1S/C7H7BrN4O2/c1-11-6(8)4(2-10-11)12-5(13)3-9-7(12)14/h2H,3H2,1H3,(H,9,14). The van der Waals surface area contributed by atoms with Crippen LogP contribution in [-0.2, 0) is 11.8 Å². The van der Waals surface area contributed by atoms with Crippen LogP contribution in [0.2, 0.25) is 0 Å². The van der Waals surface area contributed by atoms with Gasteiger partial charge in [0.25, 0.3) is 5.91 Å². The maximum Gasteiger partial charge on any atom is 0.329 e. The minimum Gasteiger partial charge on any atom is -0.328 e. The first-order valence-corrected chi connectivity index (χ1v) is 4.69. The van der Waals surface area contributed by atoms with Gasteiger partial charge in [0.15, 0.2) is 0 Å². The summed E-state index contributed by atoms with van der Waals surface area (Å²) in [7, 11) is 1.71. The molecule has 2 rings (SSSR count). The van der Waals surface area contributed by atoms with E-state index in [1.165, 1.54) is 10.9 Å². The van der Waals surface area contributed by atoms with E-state index >= 15 is 0 Å². The minimum atomic E-state index is -0.413. The number of anilines is 1. The summed E-state index contributed by atoms with van der Waals surface area (Å²) in [5.74, 6) is -0.274. The van der Waals surface area contributed by atoms with Crippen molar-refractivity contribution in [3.63, 3.8) is 0 Å². The molecule has 0 spiro atoms. The molecule has 14 heavy (non-hydrogen) atoms. The smallest absolute Gasteiger partial charge is 0.328 e. The van der Waals surface area contributed by atoms with Crippen LogP contribution in [0.5, 0.6) is 0 Å². The number of amides is 3. The van der Waals surface area contributed by atoms with E-state index in [4.69, 9.17) is 0 Å².